The van der Waals surface area contributed by atoms with Gasteiger partial charge < -0.3 is 9.47 Å². The molecule has 5 heteroatoms. The highest BCUT2D eigenvalue weighted by Gasteiger charge is 2.17. The first-order chi connectivity index (χ1) is 9.86. The Hall–Kier alpha value is -2.33. The molecule has 0 aliphatic carbocycles. The van der Waals surface area contributed by atoms with Gasteiger partial charge in [0.15, 0.2) is 6.29 Å². The molecule has 0 bridgehead atoms. The molecule has 0 N–H and O–H groups in total. The van der Waals surface area contributed by atoms with Gasteiger partial charge >= 0.3 is 0 Å². The van der Waals surface area contributed by atoms with Gasteiger partial charge in [-0.25, -0.2) is 0 Å². The minimum Gasteiger partial charge on any atom is -0.346 e. The summed E-state index contributed by atoms with van der Waals surface area (Å²) in [7, 11) is 0. The van der Waals surface area contributed by atoms with Crippen LogP contribution in [0.1, 0.15) is 11.9 Å². The van der Waals surface area contributed by atoms with Gasteiger partial charge in [-0.3, -0.25) is 0 Å². The molecule has 2 aromatic rings. The fourth-order valence-corrected chi connectivity index (χ4v) is 2.16. The van der Waals surface area contributed by atoms with Crippen molar-refractivity contribution < 1.29 is 9.47 Å². The SMILES string of the molecule is [N-]=[N+]=Nc1ccc(-c2ccc(C3OCCO3)cc2)cc1. The number of azide groups is 1. The van der Waals surface area contributed by atoms with Crippen LogP contribution in [0.5, 0.6) is 0 Å². The van der Waals surface area contributed by atoms with Crippen LogP contribution in [0.3, 0.4) is 0 Å². The molecule has 1 saturated heterocycles. The monoisotopic (exact) mass is 267 g/mol. The average molecular weight is 267 g/mol. The third kappa shape index (κ3) is 2.65. The summed E-state index contributed by atoms with van der Waals surface area (Å²) in [5.74, 6) is 0. The Bertz CT molecular complexity index is 625. The molecule has 0 unspecified atom stereocenters. The van der Waals surface area contributed by atoms with E-state index in [1.54, 1.807) is 12.1 Å². The fraction of sp³-hybridized carbons (Fsp3) is 0.200. The first-order valence-corrected chi connectivity index (χ1v) is 6.35. The Balaban J connectivity index is 1.81. The first-order valence-electron chi connectivity index (χ1n) is 6.35. The second-order valence-electron chi connectivity index (χ2n) is 4.43. The summed E-state index contributed by atoms with van der Waals surface area (Å²) in [6.07, 6.45) is -0.239. The zero-order valence-corrected chi connectivity index (χ0v) is 10.8. The summed E-state index contributed by atoms with van der Waals surface area (Å²) in [6, 6.07) is 15.5. The lowest BCUT2D eigenvalue weighted by molar-refractivity contribution is -0.0441. The van der Waals surface area contributed by atoms with E-state index in [1.165, 1.54) is 0 Å². The van der Waals surface area contributed by atoms with E-state index in [4.69, 9.17) is 15.0 Å². The summed E-state index contributed by atoms with van der Waals surface area (Å²) in [5, 5.41) is 3.56. The number of ether oxygens (including phenoxy) is 2. The van der Waals surface area contributed by atoms with Crippen molar-refractivity contribution in [2.45, 2.75) is 6.29 Å². The molecule has 3 rings (SSSR count). The zero-order valence-electron chi connectivity index (χ0n) is 10.8. The molecule has 0 radical (unpaired) electrons. The maximum absolute atomic E-state index is 8.38. The standard InChI is InChI=1S/C15H13N3O2/c16-18-17-14-7-5-12(6-8-14)11-1-3-13(4-2-11)15-19-9-10-20-15/h1-8,15H,9-10H2. The predicted octanol–water partition coefficient (Wildman–Crippen LogP) is 4.34. The largest absolute Gasteiger partial charge is 0.346 e. The molecular weight excluding hydrogens is 254 g/mol. The topological polar surface area (TPSA) is 67.2 Å². The van der Waals surface area contributed by atoms with E-state index in [-0.39, 0.29) is 6.29 Å². The van der Waals surface area contributed by atoms with Gasteiger partial charge in [0.2, 0.25) is 0 Å². The van der Waals surface area contributed by atoms with Crippen molar-refractivity contribution in [3.63, 3.8) is 0 Å². The van der Waals surface area contributed by atoms with Crippen LogP contribution in [0.4, 0.5) is 5.69 Å². The van der Waals surface area contributed by atoms with Gasteiger partial charge in [-0.1, -0.05) is 53.6 Å². The maximum Gasteiger partial charge on any atom is 0.184 e. The van der Waals surface area contributed by atoms with Crippen molar-refractivity contribution in [3.05, 3.63) is 64.5 Å². The molecule has 20 heavy (non-hydrogen) atoms. The summed E-state index contributed by atoms with van der Waals surface area (Å²) >= 11 is 0. The summed E-state index contributed by atoms with van der Waals surface area (Å²) in [5.41, 5.74) is 12.2. The Kier molecular flexibility index (Phi) is 3.65. The second kappa shape index (κ2) is 5.75. The van der Waals surface area contributed by atoms with Gasteiger partial charge in [0.1, 0.15) is 0 Å². The van der Waals surface area contributed by atoms with E-state index in [9.17, 15) is 0 Å². The smallest absolute Gasteiger partial charge is 0.184 e. The molecule has 0 amide bonds. The summed E-state index contributed by atoms with van der Waals surface area (Å²) in [4.78, 5) is 2.76. The third-order valence-corrected chi connectivity index (χ3v) is 3.17. The minimum absolute atomic E-state index is 0.239. The Morgan fingerprint density at radius 3 is 2.00 bits per heavy atom. The summed E-state index contributed by atoms with van der Waals surface area (Å²) in [6.45, 7) is 1.29. The lowest BCUT2D eigenvalue weighted by Gasteiger charge is -2.10. The van der Waals surface area contributed by atoms with Gasteiger partial charge in [0.05, 0.1) is 13.2 Å². The molecule has 0 aromatic heterocycles. The zero-order chi connectivity index (χ0) is 13.8. The second-order valence-corrected chi connectivity index (χ2v) is 4.43. The van der Waals surface area contributed by atoms with Gasteiger partial charge in [0.25, 0.3) is 0 Å². The van der Waals surface area contributed by atoms with Crippen molar-refractivity contribution in [1.29, 1.82) is 0 Å². The molecular formula is C15H13N3O2. The van der Waals surface area contributed by atoms with E-state index < -0.39 is 0 Å². The van der Waals surface area contributed by atoms with Crippen LogP contribution in [-0.2, 0) is 9.47 Å². The number of hydrogen-bond donors (Lipinski definition) is 0. The molecule has 100 valence electrons. The molecule has 0 spiro atoms. The molecule has 2 aromatic carbocycles. The van der Waals surface area contributed by atoms with E-state index in [0.717, 1.165) is 16.7 Å². The van der Waals surface area contributed by atoms with Crippen LogP contribution in [0.2, 0.25) is 0 Å². The van der Waals surface area contributed by atoms with Crippen molar-refractivity contribution >= 4 is 5.69 Å². The molecule has 1 aliphatic heterocycles. The molecule has 0 atom stereocenters. The number of nitrogens with zero attached hydrogens (tertiary/aromatic N) is 3. The highest BCUT2D eigenvalue weighted by atomic mass is 16.7. The van der Waals surface area contributed by atoms with Crippen LogP contribution >= 0.6 is 0 Å². The van der Waals surface area contributed by atoms with E-state index in [1.807, 2.05) is 36.4 Å². The van der Waals surface area contributed by atoms with Gasteiger partial charge in [0, 0.05) is 16.2 Å². The predicted molar refractivity (Wildman–Crippen MR) is 75.3 cm³/mol. The van der Waals surface area contributed by atoms with Crippen LogP contribution in [0, 0.1) is 0 Å². The van der Waals surface area contributed by atoms with Gasteiger partial charge in [-0.05, 0) is 16.7 Å². The van der Waals surface area contributed by atoms with Crippen molar-refractivity contribution in [3.8, 4) is 11.1 Å². The van der Waals surface area contributed by atoms with Crippen molar-refractivity contribution in [1.82, 2.24) is 0 Å². The van der Waals surface area contributed by atoms with Crippen molar-refractivity contribution in [2.75, 3.05) is 13.2 Å². The Labute approximate surface area is 116 Å². The lowest BCUT2D eigenvalue weighted by atomic mass is 10.0. The Morgan fingerprint density at radius 1 is 0.900 bits per heavy atom. The normalized spacial score (nSPS) is 15.0. The van der Waals surface area contributed by atoms with Crippen LogP contribution in [0.15, 0.2) is 53.6 Å². The van der Waals surface area contributed by atoms with Crippen LogP contribution in [-0.4, -0.2) is 13.2 Å². The van der Waals surface area contributed by atoms with Crippen LogP contribution < -0.4 is 0 Å². The summed E-state index contributed by atoms with van der Waals surface area (Å²) < 4.78 is 10.9. The molecule has 1 aliphatic rings. The van der Waals surface area contributed by atoms with E-state index >= 15 is 0 Å². The Morgan fingerprint density at radius 2 is 1.45 bits per heavy atom. The van der Waals surface area contributed by atoms with E-state index in [0.29, 0.717) is 18.9 Å². The highest BCUT2D eigenvalue weighted by molar-refractivity contribution is 5.65. The molecule has 5 nitrogen and oxygen atoms in total. The van der Waals surface area contributed by atoms with Crippen LogP contribution in [0.25, 0.3) is 21.6 Å². The molecule has 0 saturated carbocycles. The molecule has 1 heterocycles. The highest BCUT2D eigenvalue weighted by Crippen LogP contribution is 2.27. The number of benzene rings is 2. The average Bonchev–Trinajstić information content (AvgIpc) is 3.03. The first kappa shape index (κ1) is 12.7. The molecule has 1 fully saturated rings. The minimum atomic E-state index is -0.239. The van der Waals surface area contributed by atoms with E-state index in [2.05, 4.69) is 10.0 Å². The van der Waals surface area contributed by atoms with Gasteiger partial charge in [-0.15, -0.1) is 0 Å². The fourth-order valence-electron chi connectivity index (χ4n) is 2.16. The lowest BCUT2D eigenvalue weighted by Crippen LogP contribution is -1.97. The van der Waals surface area contributed by atoms with Gasteiger partial charge in [-0.2, -0.15) is 0 Å². The van der Waals surface area contributed by atoms with Crippen molar-refractivity contribution in [2.24, 2.45) is 5.11 Å². The number of hydrogen-bond acceptors (Lipinski definition) is 3. The quantitative estimate of drug-likeness (QED) is 0.471. The maximum atomic E-state index is 8.38. The number of rotatable bonds is 3. The third-order valence-electron chi connectivity index (χ3n) is 3.17.